The third kappa shape index (κ3) is 5.36. The number of anilines is 1. The molecule has 0 aliphatic carbocycles. The largest absolute Gasteiger partial charge is 0.466 e. The Bertz CT molecular complexity index is 584. The lowest BCUT2D eigenvalue weighted by molar-refractivity contribution is -0.142. The zero-order chi connectivity index (χ0) is 15.1. The summed E-state index contributed by atoms with van der Waals surface area (Å²) in [5.74, 6) is -0.214. The number of carbonyl (C=O) groups excluding carboxylic acids is 1. The molecule has 0 aliphatic heterocycles. The molecule has 1 aromatic heterocycles. The standard InChI is InChI=1S/C15H17ClN2O2S/c1-2-20-14(19)9-13-10-18-15(21-13)17-8-7-11-3-5-12(16)6-4-11/h3-6,10H,2,7-9H2,1H3,(H,17,18). The molecular formula is C15H17ClN2O2S. The van der Waals surface area contributed by atoms with E-state index in [9.17, 15) is 4.79 Å². The maximum absolute atomic E-state index is 11.4. The van der Waals surface area contributed by atoms with Gasteiger partial charge in [-0.05, 0) is 31.0 Å². The highest BCUT2D eigenvalue weighted by atomic mass is 35.5. The average Bonchev–Trinajstić information content (AvgIpc) is 2.89. The maximum atomic E-state index is 11.4. The molecule has 6 heteroatoms. The minimum Gasteiger partial charge on any atom is -0.466 e. The quantitative estimate of drug-likeness (QED) is 0.791. The normalized spacial score (nSPS) is 10.4. The first kappa shape index (κ1) is 15.8. The highest BCUT2D eigenvalue weighted by Gasteiger charge is 2.07. The summed E-state index contributed by atoms with van der Waals surface area (Å²) in [7, 11) is 0. The van der Waals surface area contributed by atoms with E-state index in [1.807, 2.05) is 24.3 Å². The predicted octanol–water partition coefficient (Wildman–Crippen LogP) is 3.56. The van der Waals surface area contributed by atoms with Gasteiger partial charge in [-0.2, -0.15) is 0 Å². The molecule has 2 aromatic rings. The average molecular weight is 325 g/mol. The van der Waals surface area contributed by atoms with Crippen molar-refractivity contribution in [1.29, 1.82) is 0 Å². The molecule has 0 bridgehead atoms. The minimum atomic E-state index is -0.214. The van der Waals surface area contributed by atoms with Gasteiger partial charge in [0.1, 0.15) is 0 Å². The van der Waals surface area contributed by atoms with E-state index in [0.717, 1.165) is 28.0 Å². The van der Waals surface area contributed by atoms with Gasteiger partial charge in [0.2, 0.25) is 0 Å². The monoisotopic (exact) mass is 324 g/mol. The van der Waals surface area contributed by atoms with Crippen LogP contribution in [-0.2, 0) is 22.4 Å². The van der Waals surface area contributed by atoms with Crippen LogP contribution in [0.15, 0.2) is 30.5 Å². The molecule has 1 heterocycles. The van der Waals surface area contributed by atoms with Gasteiger partial charge >= 0.3 is 5.97 Å². The first-order chi connectivity index (χ1) is 10.2. The molecule has 1 N–H and O–H groups in total. The topological polar surface area (TPSA) is 51.2 Å². The van der Waals surface area contributed by atoms with E-state index in [1.165, 1.54) is 16.9 Å². The Morgan fingerprint density at radius 2 is 2.14 bits per heavy atom. The molecule has 0 spiro atoms. The fourth-order valence-corrected chi connectivity index (χ4v) is 2.74. The van der Waals surface area contributed by atoms with Gasteiger partial charge in [-0.3, -0.25) is 4.79 Å². The summed E-state index contributed by atoms with van der Waals surface area (Å²) in [6.45, 7) is 2.99. The summed E-state index contributed by atoms with van der Waals surface area (Å²) >= 11 is 7.33. The summed E-state index contributed by atoms with van der Waals surface area (Å²) < 4.78 is 4.91. The number of thiazole rings is 1. The summed E-state index contributed by atoms with van der Waals surface area (Å²) in [6, 6.07) is 7.80. The van der Waals surface area contributed by atoms with E-state index in [2.05, 4.69) is 10.3 Å². The van der Waals surface area contributed by atoms with Gasteiger partial charge in [-0.15, -0.1) is 11.3 Å². The molecule has 0 atom stereocenters. The number of aromatic nitrogens is 1. The SMILES string of the molecule is CCOC(=O)Cc1cnc(NCCc2ccc(Cl)cc2)s1. The molecule has 0 fully saturated rings. The second-order valence-corrected chi connectivity index (χ2v) is 5.97. The third-order valence-corrected chi connectivity index (χ3v) is 3.99. The number of carbonyl (C=O) groups is 1. The Morgan fingerprint density at radius 3 is 2.86 bits per heavy atom. The van der Waals surface area contributed by atoms with Crippen molar-refractivity contribution in [2.75, 3.05) is 18.5 Å². The zero-order valence-electron chi connectivity index (χ0n) is 11.8. The van der Waals surface area contributed by atoms with Crippen LogP contribution in [0.5, 0.6) is 0 Å². The van der Waals surface area contributed by atoms with Crippen LogP contribution in [0.25, 0.3) is 0 Å². The van der Waals surface area contributed by atoms with Crippen molar-refractivity contribution in [2.45, 2.75) is 19.8 Å². The molecule has 0 saturated heterocycles. The second kappa shape index (κ2) is 8.00. The van der Waals surface area contributed by atoms with Crippen LogP contribution in [-0.4, -0.2) is 24.1 Å². The molecule has 0 amide bonds. The van der Waals surface area contributed by atoms with Gasteiger partial charge < -0.3 is 10.1 Å². The van der Waals surface area contributed by atoms with Crippen molar-refractivity contribution >= 4 is 34.0 Å². The molecular weight excluding hydrogens is 308 g/mol. The van der Waals surface area contributed by atoms with Crippen LogP contribution in [0.3, 0.4) is 0 Å². The molecule has 0 saturated carbocycles. The molecule has 4 nitrogen and oxygen atoms in total. The lowest BCUT2D eigenvalue weighted by Crippen LogP contribution is -2.06. The van der Waals surface area contributed by atoms with Crippen LogP contribution >= 0.6 is 22.9 Å². The highest BCUT2D eigenvalue weighted by molar-refractivity contribution is 7.15. The Balaban J connectivity index is 1.77. The smallest absolute Gasteiger partial charge is 0.311 e. The Morgan fingerprint density at radius 1 is 1.38 bits per heavy atom. The summed E-state index contributed by atoms with van der Waals surface area (Å²) in [5.41, 5.74) is 1.22. The van der Waals surface area contributed by atoms with Crippen LogP contribution in [0.2, 0.25) is 5.02 Å². The number of ether oxygens (including phenoxy) is 1. The number of halogens is 1. The number of nitrogens with one attached hydrogen (secondary N) is 1. The molecule has 0 radical (unpaired) electrons. The van der Waals surface area contributed by atoms with E-state index < -0.39 is 0 Å². The Kier molecular flexibility index (Phi) is 6.02. The van der Waals surface area contributed by atoms with Crippen molar-refractivity contribution in [3.05, 3.63) is 45.9 Å². The lowest BCUT2D eigenvalue weighted by atomic mass is 10.1. The molecule has 1 aromatic carbocycles. The van der Waals surface area contributed by atoms with Gasteiger partial charge in [0.05, 0.1) is 13.0 Å². The van der Waals surface area contributed by atoms with Gasteiger partial charge in [0, 0.05) is 22.6 Å². The van der Waals surface area contributed by atoms with Gasteiger partial charge in [0.15, 0.2) is 5.13 Å². The Hall–Kier alpha value is -1.59. The molecule has 0 unspecified atom stereocenters. The third-order valence-electron chi connectivity index (χ3n) is 2.78. The number of rotatable bonds is 7. The fourth-order valence-electron chi connectivity index (χ4n) is 1.79. The number of hydrogen-bond donors (Lipinski definition) is 1. The summed E-state index contributed by atoms with van der Waals surface area (Å²) in [6.07, 6.45) is 2.89. The van der Waals surface area contributed by atoms with E-state index >= 15 is 0 Å². The number of nitrogens with zero attached hydrogens (tertiary/aromatic N) is 1. The number of benzene rings is 1. The van der Waals surface area contributed by atoms with Crippen molar-refractivity contribution < 1.29 is 9.53 Å². The van der Waals surface area contributed by atoms with Crippen molar-refractivity contribution in [2.24, 2.45) is 0 Å². The van der Waals surface area contributed by atoms with Crippen LogP contribution in [0.1, 0.15) is 17.4 Å². The maximum Gasteiger partial charge on any atom is 0.311 e. The molecule has 21 heavy (non-hydrogen) atoms. The van der Waals surface area contributed by atoms with Crippen LogP contribution in [0, 0.1) is 0 Å². The molecule has 112 valence electrons. The highest BCUT2D eigenvalue weighted by Crippen LogP contribution is 2.19. The van der Waals surface area contributed by atoms with Crippen LogP contribution in [0.4, 0.5) is 5.13 Å². The summed E-state index contributed by atoms with van der Waals surface area (Å²) in [4.78, 5) is 16.5. The fraction of sp³-hybridized carbons (Fsp3) is 0.333. The molecule has 0 aliphatic rings. The summed E-state index contributed by atoms with van der Waals surface area (Å²) in [5, 5.41) is 4.82. The van der Waals surface area contributed by atoms with Gasteiger partial charge in [-0.25, -0.2) is 4.98 Å². The van der Waals surface area contributed by atoms with E-state index in [1.54, 1.807) is 13.1 Å². The van der Waals surface area contributed by atoms with E-state index in [4.69, 9.17) is 16.3 Å². The van der Waals surface area contributed by atoms with Gasteiger partial charge in [0.25, 0.3) is 0 Å². The first-order valence-electron chi connectivity index (χ1n) is 6.76. The molecule has 2 rings (SSSR count). The van der Waals surface area contributed by atoms with E-state index in [-0.39, 0.29) is 12.4 Å². The number of hydrogen-bond acceptors (Lipinski definition) is 5. The van der Waals surface area contributed by atoms with Crippen molar-refractivity contribution in [3.63, 3.8) is 0 Å². The second-order valence-electron chi connectivity index (χ2n) is 4.42. The van der Waals surface area contributed by atoms with Crippen LogP contribution < -0.4 is 5.32 Å². The van der Waals surface area contributed by atoms with Crippen molar-refractivity contribution in [3.8, 4) is 0 Å². The van der Waals surface area contributed by atoms with Crippen molar-refractivity contribution in [1.82, 2.24) is 4.98 Å². The number of esters is 1. The predicted molar refractivity (Wildman–Crippen MR) is 86.1 cm³/mol. The zero-order valence-corrected chi connectivity index (χ0v) is 13.3. The minimum absolute atomic E-state index is 0.214. The van der Waals surface area contributed by atoms with E-state index in [0.29, 0.717) is 6.61 Å². The van der Waals surface area contributed by atoms with Gasteiger partial charge in [-0.1, -0.05) is 23.7 Å². The lowest BCUT2D eigenvalue weighted by Gasteiger charge is -2.03. The first-order valence-corrected chi connectivity index (χ1v) is 7.95. The Labute approximate surface area is 133 Å².